The van der Waals surface area contributed by atoms with E-state index in [9.17, 15) is 13.2 Å². The summed E-state index contributed by atoms with van der Waals surface area (Å²) in [6.45, 7) is 0.754. The van der Waals surface area contributed by atoms with Gasteiger partial charge in [-0.3, -0.25) is 9.10 Å². The summed E-state index contributed by atoms with van der Waals surface area (Å²) in [7, 11) is -3.28. The second kappa shape index (κ2) is 6.45. The lowest BCUT2D eigenvalue weighted by molar-refractivity contribution is 0.0951. The van der Waals surface area contributed by atoms with Crippen LogP contribution in [0.25, 0.3) is 0 Å². The monoisotopic (exact) mass is 364 g/mol. The maximum absolute atomic E-state index is 12.3. The highest BCUT2D eigenvalue weighted by molar-refractivity contribution is 7.92. The van der Waals surface area contributed by atoms with E-state index in [2.05, 4.69) is 5.32 Å². The molecule has 0 radical (unpaired) electrons. The Balaban J connectivity index is 1.75. The number of fused-ring (bicyclic) bond motifs is 1. The lowest BCUT2D eigenvalue weighted by Gasteiger charge is -2.16. The molecule has 0 saturated carbocycles. The van der Waals surface area contributed by atoms with E-state index in [1.165, 1.54) is 10.6 Å². The Bertz CT molecular complexity index is 896. The third kappa shape index (κ3) is 3.39. The van der Waals surface area contributed by atoms with Crippen molar-refractivity contribution in [3.63, 3.8) is 0 Å². The van der Waals surface area contributed by atoms with Crippen LogP contribution in [-0.2, 0) is 23.0 Å². The normalized spacial score (nSPS) is 13.7. The van der Waals surface area contributed by atoms with Crippen LogP contribution in [0.4, 0.5) is 5.69 Å². The van der Waals surface area contributed by atoms with Crippen LogP contribution in [0.15, 0.2) is 42.5 Å². The topological polar surface area (TPSA) is 66.5 Å². The zero-order chi connectivity index (χ0) is 17.3. The lowest BCUT2D eigenvalue weighted by Crippen LogP contribution is -2.27. The van der Waals surface area contributed by atoms with E-state index >= 15 is 0 Å². The van der Waals surface area contributed by atoms with Gasteiger partial charge in [-0.05, 0) is 41.8 Å². The summed E-state index contributed by atoms with van der Waals surface area (Å²) in [5, 5.41) is 3.44. The molecule has 0 atom stereocenters. The standard InChI is InChI=1S/C17H17ClN2O3S/c1-24(22,23)20-9-8-12-10-13(6-7-16(12)20)17(21)19-11-14-4-2-3-5-15(14)18/h2-7,10H,8-9,11H2,1H3,(H,19,21). The predicted octanol–water partition coefficient (Wildman–Crippen LogP) is 2.59. The van der Waals surface area contributed by atoms with Gasteiger partial charge in [-0.25, -0.2) is 8.42 Å². The first-order valence-corrected chi connectivity index (χ1v) is 9.71. The second-order valence-corrected chi connectivity index (χ2v) is 8.02. The van der Waals surface area contributed by atoms with Gasteiger partial charge < -0.3 is 5.32 Å². The van der Waals surface area contributed by atoms with E-state index in [0.29, 0.717) is 35.8 Å². The van der Waals surface area contributed by atoms with Crippen LogP contribution in [0.2, 0.25) is 5.02 Å². The van der Waals surface area contributed by atoms with Crippen molar-refractivity contribution in [1.29, 1.82) is 0 Å². The van der Waals surface area contributed by atoms with Crippen molar-refractivity contribution in [1.82, 2.24) is 5.32 Å². The van der Waals surface area contributed by atoms with Crippen LogP contribution in [0, 0.1) is 0 Å². The highest BCUT2D eigenvalue weighted by Gasteiger charge is 2.26. The summed E-state index contributed by atoms with van der Waals surface area (Å²) in [5.41, 5.74) is 2.87. The van der Waals surface area contributed by atoms with E-state index in [0.717, 1.165) is 11.1 Å². The Morgan fingerprint density at radius 3 is 2.71 bits per heavy atom. The van der Waals surface area contributed by atoms with Crippen LogP contribution >= 0.6 is 11.6 Å². The van der Waals surface area contributed by atoms with Crippen molar-refractivity contribution in [2.24, 2.45) is 0 Å². The Morgan fingerprint density at radius 1 is 1.25 bits per heavy atom. The van der Waals surface area contributed by atoms with E-state index in [4.69, 9.17) is 11.6 Å². The van der Waals surface area contributed by atoms with Gasteiger partial charge >= 0.3 is 0 Å². The Morgan fingerprint density at radius 2 is 2.00 bits per heavy atom. The van der Waals surface area contributed by atoms with Gasteiger partial charge in [-0.15, -0.1) is 0 Å². The molecule has 1 N–H and O–H groups in total. The van der Waals surface area contributed by atoms with Gasteiger partial charge in [0.25, 0.3) is 5.91 Å². The summed E-state index contributed by atoms with van der Waals surface area (Å²) < 4.78 is 24.8. The van der Waals surface area contributed by atoms with Crippen LogP contribution in [0.1, 0.15) is 21.5 Å². The van der Waals surface area contributed by atoms with Crippen molar-refractivity contribution in [2.75, 3.05) is 17.1 Å². The number of carbonyl (C=O) groups is 1. The third-order valence-electron chi connectivity index (χ3n) is 3.99. The first-order valence-electron chi connectivity index (χ1n) is 7.48. The van der Waals surface area contributed by atoms with Gasteiger partial charge in [0.15, 0.2) is 0 Å². The Hall–Kier alpha value is -2.05. The number of nitrogens with zero attached hydrogens (tertiary/aromatic N) is 1. The van der Waals surface area contributed by atoms with Gasteiger partial charge in [0.05, 0.1) is 11.9 Å². The molecule has 0 saturated heterocycles. The molecule has 1 amide bonds. The van der Waals surface area contributed by atoms with Gasteiger partial charge in [-0.1, -0.05) is 29.8 Å². The molecule has 7 heteroatoms. The SMILES string of the molecule is CS(=O)(=O)N1CCc2cc(C(=O)NCc3ccccc3Cl)ccc21. The van der Waals surface area contributed by atoms with Crippen molar-refractivity contribution in [2.45, 2.75) is 13.0 Å². The molecule has 1 aliphatic rings. The Kier molecular flexibility index (Phi) is 4.51. The molecule has 126 valence electrons. The number of amides is 1. The van der Waals surface area contributed by atoms with E-state index in [-0.39, 0.29) is 5.91 Å². The number of benzene rings is 2. The molecule has 0 fully saturated rings. The van der Waals surface area contributed by atoms with Crippen molar-refractivity contribution < 1.29 is 13.2 Å². The number of anilines is 1. The van der Waals surface area contributed by atoms with E-state index < -0.39 is 10.0 Å². The molecule has 24 heavy (non-hydrogen) atoms. The van der Waals surface area contributed by atoms with E-state index in [1.54, 1.807) is 24.3 Å². The number of sulfonamides is 1. The van der Waals surface area contributed by atoms with Gasteiger partial charge in [0.2, 0.25) is 10.0 Å². The van der Waals surface area contributed by atoms with Crippen molar-refractivity contribution in [3.05, 3.63) is 64.2 Å². The molecule has 0 bridgehead atoms. The number of hydrogen-bond donors (Lipinski definition) is 1. The fourth-order valence-corrected chi connectivity index (χ4v) is 3.94. The molecule has 0 aromatic heterocycles. The molecule has 2 aromatic carbocycles. The molecular formula is C17H17ClN2O3S. The largest absolute Gasteiger partial charge is 0.348 e. The van der Waals surface area contributed by atoms with Gasteiger partial charge in [0.1, 0.15) is 0 Å². The molecule has 0 spiro atoms. The molecule has 5 nitrogen and oxygen atoms in total. The summed E-state index contributed by atoms with van der Waals surface area (Å²) in [6.07, 6.45) is 1.79. The number of halogens is 1. The summed E-state index contributed by atoms with van der Waals surface area (Å²) in [5.74, 6) is -0.212. The minimum absolute atomic E-state index is 0.212. The molecule has 3 rings (SSSR count). The zero-order valence-electron chi connectivity index (χ0n) is 13.1. The fourth-order valence-electron chi connectivity index (χ4n) is 2.78. The minimum Gasteiger partial charge on any atom is -0.348 e. The zero-order valence-corrected chi connectivity index (χ0v) is 14.7. The maximum Gasteiger partial charge on any atom is 0.251 e. The molecule has 0 aliphatic carbocycles. The smallest absolute Gasteiger partial charge is 0.251 e. The first kappa shape index (κ1) is 16.8. The van der Waals surface area contributed by atoms with E-state index in [1.807, 2.05) is 18.2 Å². The molecule has 0 unspecified atom stereocenters. The second-order valence-electron chi connectivity index (χ2n) is 5.70. The average molecular weight is 365 g/mol. The lowest BCUT2D eigenvalue weighted by atomic mass is 10.1. The first-order chi connectivity index (χ1) is 11.4. The quantitative estimate of drug-likeness (QED) is 0.906. The van der Waals surface area contributed by atoms with Crippen LogP contribution in [0.5, 0.6) is 0 Å². The highest BCUT2D eigenvalue weighted by Crippen LogP contribution is 2.30. The molecular weight excluding hydrogens is 348 g/mol. The number of carbonyl (C=O) groups excluding carboxylic acids is 1. The van der Waals surface area contributed by atoms with Crippen LogP contribution in [0.3, 0.4) is 0 Å². The highest BCUT2D eigenvalue weighted by atomic mass is 35.5. The van der Waals surface area contributed by atoms with Gasteiger partial charge in [-0.2, -0.15) is 0 Å². The maximum atomic E-state index is 12.3. The number of rotatable bonds is 4. The summed E-state index contributed by atoms with van der Waals surface area (Å²) >= 11 is 6.08. The van der Waals surface area contributed by atoms with Crippen molar-refractivity contribution >= 4 is 33.2 Å². The number of nitrogens with one attached hydrogen (secondary N) is 1. The number of hydrogen-bond acceptors (Lipinski definition) is 3. The summed E-state index contributed by atoms with van der Waals surface area (Å²) in [6, 6.07) is 12.4. The molecule has 1 aliphatic heterocycles. The van der Waals surface area contributed by atoms with Crippen LogP contribution < -0.4 is 9.62 Å². The van der Waals surface area contributed by atoms with Gasteiger partial charge in [0, 0.05) is 23.7 Å². The molecule has 1 heterocycles. The predicted molar refractivity (Wildman–Crippen MR) is 95.0 cm³/mol. The van der Waals surface area contributed by atoms with Crippen LogP contribution in [-0.4, -0.2) is 27.1 Å². The average Bonchev–Trinajstić information content (AvgIpc) is 2.97. The minimum atomic E-state index is -3.28. The summed E-state index contributed by atoms with van der Waals surface area (Å²) in [4.78, 5) is 12.3. The van der Waals surface area contributed by atoms with Crippen molar-refractivity contribution in [3.8, 4) is 0 Å². The third-order valence-corrected chi connectivity index (χ3v) is 5.54. The molecule has 2 aromatic rings. The Labute approximate surface area is 146 Å². The fraction of sp³-hybridized carbons (Fsp3) is 0.235.